The number of aromatic nitrogens is 5. The third kappa shape index (κ3) is 4.06. The summed E-state index contributed by atoms with van der Waals surface area (Å²) in [7, 11) is 1.63. The number of tetrazole rings is 1. The van der Waals surface area contributed by atoms with Crippen molar-refractivity contribution in [2.45, 2.75) is 31.5 Å². The van der Waals surface area contributed by atoms with Crippen molar-refractivity contribution in [3.63, 3.8) is 0 Å². The van der Waals surface area contributed by atoms with Gasteiger partial charge in [-0.05, 0) is 47.5 Å². The topological polar surface area (TPSA) is 107 Å². The van der Waals surface area contributed by atoms with Crippen LogP contribution in [0.15, 0.2) is 29.1 Å². The van der Waals surface area contributed by atoms with E-state index in [-0.39, 0.29) is 17.7 Å². The SMILES string of the molecule is COc1ccc2[nH]c(=O)c([C@H](c3nnnn3C[C@@H]3CCCO3)N3CCOCC3)cc2c1. The lowest BCUT2D eigenvalue weighted by molar-refractivity contribution is 0.0205. The van der Waals surface area contributed by atoms with E-state index >= 15 is 0 Å². The van der Waals surface area contributed by atoms with Gasteiger partial charge in [-0.25, -0.2) is 4.68 Å². The summed E-state index contributed by atoms with van der Waals surface area (Å²) in [6.45, 7) is 3.91. The highest BCUT2D eigenvalue weighted by atomic mass is 16.5. The predicted molar refractivity (Wildman–Crippen MR) is 112 cm³/mol. The zero-order valence-electron chi connectivity index (χ0n) is 17.5. The normalized spacial score (nSPS) is 20.9. The number of rotatable bonds is 6. The highest BCUT2D eigenvalue weighted by molar-refractivity contribution is 5.80. The lowest BCUT2D eigenvalue weighted by atomic mass is 10.0. The molecule has 3 aromatic rings. The van der Waals surface area contributed by atoms with Gasteiger partial charge in [-0.15, -0.1) is 5.10 Å². The number of aromatic amines is 1. The number of morpholine rings is 1. The van der Waals surface area contributed by atoms with Gasteiger partial charge in [0.25, 0.3) is 5.56 Å². The van der Waals surface area contributed by atoms with Gasteiger partial charge in [-0.1, -0.05) is 0 Å². The quantitative estimate of drug-likeness (QED) is 0.625. The molecule has 0 radical (unpaired) electrons. The minimum absolute atomic E-state index is 0.0896. The molecule has 0 bridgehead atoms. The molecule has 0 aliphatic carbocycles. The summed E-state index contributed by atoms with van der Waals surface area (Å²) < 4.78 is 18.5. The first-order chi connectivity index (χ1) is 15.2. The Morgan fingerprint density at radius 3 is 2.90 bits per heavy atom. The number of hydrogen-bond acceptors (Lipinski definition) is 8. The molecule has 10 heteroatoms. The van der Waals surface area contributed by atoms with Crippen LogP contribution in [0, 0.1) is 0 Å². The lowest BCUT2D eigenvalue weighted by Gasteiger charge is -2.33. The van der Waals surface area contributed by atoms with Crippen LogP contribution in [0.25, 0.3) is 10.9 Å². The van der Waals surface area contributed by atoms with Crippen molar-refractivity contribution in [3.8, 4) is 5.75 Å². The number of hydrogen-bond donors (Lipinski definition) is 1. The smallest absolute Gasteiger partial charge is 0.253 e. The summed E-state index contributed by atoms with van der Waals surface area (Å²) >= 11 is 0. The summed E-state index contributed by atoms with van der Waals surface area (Å²) in [4.78, 5) is 18.4. The van der Waals surface area contributed by atoms with E-state index in [9.17, 15) is 4.79 Å². The third-order valence-corrected chi connectivity index (χ3v) is 5.99. The fourth-order valence-electron chi connectivity index (χ4n) is 4.39. The van der Waals surface area contributed by atoms with Gasteiger partial charge in [0.2, 0.25) is 0 Å². The summed E-state index contributed by atoms with van der Waals surface area (Å²) in [6.07, 6.45) is 2.12. The molecular formula is C21H26N6O4. The number of nitrogens with zero attached hydrogens (tertiary/aromatic N) is 5. The van der Waals surface area contributed by atoms with E-state index in [2.05, 4.69) is 25.4 Å². The van der Waals surface area contributed by atoms with Crippen molar-refractivity contribution in [3.05, 3.63) is 46.0 Å². The molecule has 0 spiro atoms. The molecule has 2 atom stereocenters. The Balaban J connectivity index is 1.59. The number of ether oxygens (including phenoxy) is 3. The van der Waals surface area contributed by atoms with Crippen LogP contribution >= 0.6 is 0 Å². The summed E-state index contributed by atoms with van der Waals surface area (Å²) in [6, 6.07) is 7.13. The molecule has 4 heterocycles. The monoisotopic (exact) mass is 426 g/mol. The van der Waals surface area contributed by atoms with E-state index < -0.39 is 0 Å². The molecule has 0 amide bonds. The second-order valence-corrected chi connectivity index (χ2v) is 7.91. The largest absolute Gasteiger partial charge is 0.497 e. The molecule has 2 aromatic heterocycles. The number of fused-ring (bicyclic) bond motifs is 1. The van der Waals surface area contributed by atoms with Gasteiger partial charge in [0, 0.05) is 36.2 Å². The molecule has 164 valence electrons. The van der Waals surface area contributed by atoms with Crippen LogP contribution in [0.5, 0.6) is 5.75 Å². The van der Waals surface area contributed by atoms with Gasteiger partial charge in [0.1, 0.15) is 11.8 Å². The predicted octanol–water partition coefficient (Wildman–Crippen LogP) is 1.12. The van der Waals surface area contributed by atoms with Gasteiger partial charge in [-0.2, -0.15) is 0 Å². The first-order valence-electron chi connectivity index (χ1n) is 10.6. The van der Waals surface area contributed by atoms with E-state index in [1.165, 1.54) is 0 Å². The Kier molecular flexibility index (Phi) is 5.66. The molecule has 1 aromatic carbocycles. The highest BCUT2D eigenvalue weighted by Crippen LogP contribution is 2.29. The van der Waals surface area contributed by atoms with Crippen molar-refractivity contribution in [1.29, 1.82) is 0 Å². The maximum Gasteiger partial charge on any atom is 0.253 e. The number of benzene rings is 1. The van der Waals surface area contributed by atoms with Crippen LogP contribution in [-0.4, -0.2) is 76.2 Å². The molecule has 0 unspecified atom stereocenters. The first kappa shape index (κ1) is 20.1. The second-order valence-electron chi connectivity index (χ2n) is 7.91. The van der Waals surface area contributed by atoms with Gasteiger partial charge in [0.15, 0.2) is 5.82 Å². The van der Waals surface area contributed by atoms with E-state index in [4.69, 9.17) is 14.2 Å². The number of H-pyrrole nitrogens is 1. The van der Waals surface area contributed by atoms with E-state index in [1.54, 1.807) is 11.8 Å². The fourth-order valence-corrected chi connectivity index (χ4v) is 4.39. The van der Waals surface area contributed by atoms with Crippen LogP contribution in [0.2, 0.25) is 0 Å². The summed E-state index contributed by atoms with van der Waals surface area (Å²) in [5.74, 6) is 1.38. The molecule has 1 N–H and O–H groups in total. The van der Waals surface area contributed by atoms with Crippen LogP contribution in [0.3, 0.4) is 0 Å². The van der Waals surface area contributed by atoms with E-state index in [0.29, 0.717) is 44.2 Å². The number of pyridine rings is 1. The molecule has 5 rings (SSSR count). The van der Waals surface area contributed by atoms with Gasteiger partial charge in [0.05, 0.1) is 33.0 Å². The molecule has 10 nitrogen and oxygen atoms in total. The van der Waals surface area contributed by atoms with Crippen LogP contribution in [0.1, 0.15) is 30.3 Å². The minimum atomic E-state index is -0.389. The van der Waals surface area contributed by atoms with Crippen LogP contribution < -0.4 is 10.3 Å². The van der Waals surface area contributed by atoms with E-state index in [0.717, 1.165) is 36.1 Å². The van der Waals surface area contributed by atoms with Gasteiger partial charge >= 0.3 is 0 Å². The van der Waals surface area contributed by atoms with Gasteiger partial charge < -0.3 is 19.2 Å². The fraction of sp³-hybridized carbons (Fsp3) is 0.524. The van der Waals surface area contributed by atoms with Crippen molar-refractivity contribution in [1.82, 2.24) is 30.1 Å². The molecular weight excluding hydrogens is 400 g/mol. The van der Waals surface area contributed by atoms with E-state index in [1.807, 2.05) is 24.3 Å². The van der Waals surface area contributed by atoms with Crippen molar-refractivity contribution < 1.29 is 14.2 Å². The Morgan fingerprint density at radius 1 is 1.26 bits per heavy atom. The first-order valence-corrected chi connectivity index (χ1v) is 10.6. The zero-order valence-corrected chi connectivity index (χ0v) is 17.5. The highest BCUT2D eigenvalue weighted by Gasteiger charge is 2.32. The minimum Gasteiger partial charge on any atom is -0.497 e. The standard InChI is InChI=1S/C21H26N6O4/c1-29-15-4-5-18-14(11-15)12-17(21(28)22-18)19(26-6-9-30-10-7-26)20-23-24-25-27(20)13-16-3-2-8-31-16/h4-5,11-12,16,19H,2-3,6-10,13H2,1H3,(H,22,28)/t16-,19+/m0/s1. The molecule has 2 aliphatic heterocycles. The Morgan fingerprint density at radius 2 is 2.13 bits per heavy atom. The number of methoxy groups -OCH3 is 1. The van der Waals surface area contributed by atoms with Gasteiger partial charge in [-0.3, -0.25) is 9.69 Å². The molecule has 2 aliphatic rings. The lowest BCUT2D eigenvalue weighted by Crippen LogP contribution is -2.42. The van der Waals surface area contributed by atoms with Crippen molar-refractivity contribution in [2.24, 2.45) is 0 Å². The van der Waals surface area contributed by atoms with Crippen LogP contribution in [0.4, 0.5) is 0 Å². The summed E-state index contributed by atoms with van der Waals surface area (Å²) in [5, 5.41) is 13.4. The van der Waals surface area contributed by atoms with Crippen molar-refractivity contribution >= 4 is 10.9 Å². The maximum atomic E-state index is 13.2. The Bertz CT molecular complexity index is 1100. The molecule has 31 heavy (non-hydrogen) atoms. The average molecular weight is 426 g/mol. The average Bonchev–Trinajstić information content (AvgIpc) is 3.48. The maximum absolute atomic E-state index is 13.2. The second kappa shape index (κ2) is 8.74. The van der Waals surface area contributed by atoms with Crippen LogP contribution in [-0.2, 0) is 16.0 Å². The zero-order chi connectivity index (χ0) is 21.2. The summed E-state index contributed by atoms with van der Waals surface area (Å²) in [5.41, 5.74) is 1.21. The van der Waals surface area contributed by atoms with Crippen molar-refractivity contribution in [2.75, 3.05) is 40.0 Å². The Hall–Kier alpha value is -2.82. The Labute approximate surface area is 179 Å². The molecule has 0 saturated carbocycles. The number of nitrogens with one attached hydrogen (secondary N) is 1. The third-order valence-electron chi connectivity index (χ3n) is 5.99. The molecule has 2 saturated heterocycles. The molecule has 2 fully saturated rings.